The lowest BCUT2D eigenvalue weighted by atomic mass is 10.0. The number of fused-ring (bicyclic) bond motifs is 1. The molecule has 1 aliphatic heterocycles. The Hall–Kier alpha value is -3.59. The smallest absolute Gasteiger partial charge is 0.305 e. The number of benzene rings is 2. The summed E-state index contributed by atoms with van der Waals surface area (Å²) in [6.45, 7) is 10.8. The molecule has 0 fully saturated rings. The van der Waals surface area contributed by atoms with Crippen LogP contribution in [0.3, 0.4) is 0 Å². The summed E-state index contributed by atoms with van der Waals surface area (Å²) in [5.74, 6) is 0.583. The van der Waals surface area contributed by atoms with E-state index < -0.39 is 8.07 Å². The van der Waals surface area contributed by atoms with Crippen LogP contribution in [0.25, 0.3) is 0 Å². The van der Waals surface area contributed by atoms with Crippen molar-refractivity contribution in [1.29, 1.82) is 0 Å². The zero-order chi connectivity index (χ0) is 39.4. The minimum absolute atomic E-state index is 0.0228. The van der Waals surface area contributed by atoms with Gasteiger partial charge in [0, 0.05) is 18.9 Å². The number of nitrogens with zero attached hydrogens (tertiary/aromatic N) is 2. The highest BCUT2D eigenvalue weighted by Crippen LogP contribution is 2.40. The molecule has 9 heteroatoms. The maximum atomic E-state index is 13.1. The third-order valence-electron chi connectivity index (χ3n) is 11.8. The second kappa shape index (κ2) is 23.5. The second-order valence-corrected chi connectivity index (χ2v) is 22.1. The fourth-order valence-electron chi connectivity index (χ4n) is 8.65. The zero-order valence-corrected chi connectivity index (χ0v) is 35.8. The molecule has 0 aliphatic carbocycles. The highest BCUT2D eigenvalue weighted by Gasteiger charge is 2.47. The van der Waals surface area contributed by atoms with E-state index in [0.29, 0.717) is 37.7 Å². The summed E-state index contributed by atoms with van der Waals surface area (Å²) in [5.41, 5.74) is 6.14. The number of hydrogen-bond acceptors (Lipinski definition) is 7. The number of H-pyrrole nitrogens is 1. The first kappa shape index (κ1) is 44.1. The normalized spacial score (nSPS) is 13.4. The Kier molecular flexibility index (Phi) is 18.8. The van der Waals surface area contributed by atoms with E-state index >= 15 is 0 Å². The Morgan fingerprint density at radius 2 is 1.29 bits per heavy atom. The van der Waals surface area contributed by atoms with Gasteiger partial charge in [-0.25, -0.2) is 0 Å². The third kappa shape index (κ3) is 13.8. The van der Waals surface area contributed by atoms with Crippen LogP contribution in [0.5, 0.6) is 0 Å². The molecule has 304 valence electrons. The van der Waals surface area contributed by atoms with Gasteiger partial charge in [0.2, 0.25) is 5.95 Å². The lowest BCUT2D eigenvalue weighted by Crippen LogP contribution is -2.64. The van der Waals surface area contributed by atoms with Crippen LogP contribution in [0.4, 0.5) is 17.5 Å². The summed E-state index contributed by atoms with van der Waals surface area (Å²) in [7, 11) is -2.34. The predicted octanol–water partition coefficient (Wildman–Crippen LogP) is 10.2. The number of ether oxygens (including phenoxy) is 1. The van der Waals surface area contributed by atoms with Crippen molar-refractivity contribution in [3.05, 3.63) is 71.0 Å². The molecule has 2 heterocycles. The van der Waals surface area contributed by atoms with E-state index in [1.165, 1.54) is 107 Å². The van der Waals surface area contributed by atoms with Gasteiger partial charge in [0.1, 0.15) is 13.8 Å². The molecule has 8 nitrogen and oxygen atoms in total. The quantitative estimate of drug-likeness (QED) is 0.0402. The fraction of sp³-hybridized carbons (Fsp3) is 0.630. The third-order valence-corrected chi connectivity index (χ3v) is 18.1. The number of anilines is 3. The second-order valence-electron chi connectivity index (χ2n) is 17.1. The summed E-state index contributed by atoms with van der Waals surface area (Å²) >= 11 is 0. The first-order valence-electron chi connectivity index (χ1n) is 21.8. The van der Waals surface area contributed by atoms with Gasteiger partial charge >= 0.3 is 5.97 Å². The summed E-state index contributed by atoms with van der Waals surface area (Å²) in [4.78, 5) is 34.9. The zero-order valence-electron chi connectivity index (χ0n) is 34.8. The summed E-state index contributed by atoms with van der Waals surface area (Å²) in [6, 6.07) is 23.0. The molecule has 2 aromatic carbocycles. The number of nitrogen functional groups attached to an aromatic ring is 1. The van der Waals surface area contributed by atoms with Crippen molar-refractivity contribution in [2.45, 2.75) is 161 Å². The van der Waals surface area contributed by atoms with Crippen LogP contribution in [0.1, 0.15) is 150 Å². The summed E-state index contributed by atoms with van der Waals surface area (Å²) in [5, 5.41) is 6.05. The van der Waals surface area contributed by atoms with Crippen molar-refractivity contribution in [3.8, 4) is 0 Å². The number of nitrogens with two attached hydrogens (primary N) is 1. The van der Waals surface area contributed by atoms with Crippen LogP contribution in [0.15, 0.2) is 65.5 Å². The first-order chi connectivity index (χ1) is 26.7. The lowest BCUT2D eigenvalue weighted by Gasteiger charge is -2.45. The van der Waals surface area contributed by atoms with Gasteiger partial charge in [-0.15, -0.1) is 0 Å². The van der Waals surface area contributed by atoms with Gasteiger partial charge in [0.15, 0.2) is 5.82 Å². The number of esters is 1. The molecule has 0 saturated carbocycles. The Balaban J connectivity index is 1.27. The van der Waals surface area contributed by atoms with Crippen molar-refractivity contribution in [2.75, 3.05) is 35.8 Å². The molecule has 0 saturated heterocycles. The Morgan fingerprint density at radius 1 is 0.800 bits per heavy atom. The van der Waals surface area contributed by atoms with Crippen LogP contribution in [-0.2, 0) is 9.53 Å². The molecular formula is C46H73N5O3Si. The number of aromatic nitrogens is 2. The first-order valence-corrected chi connectivity index (χ1v) is 24.0. The molecule has 0 radical (unpaired) electrons. The van der Waals surface area contributed by atoms with E-state index in [4.69, 9.17) is 10.5 Å². The molecule has 1 aromatic heterocycles. The minimum atomic E-state index is -2.34. The van der Waals surface area contributed by atoms with Crippen LogP contribution in [-0.4, -0.2) is 43.8 Å². The minimum Gasteiger partial charge on any atom is -0.465 e. The van der Waals surface area contributed by atoms with E-state index in [1.807, 2.05) is 0 Å². The van der Waals surface area contributed by atoms with Crippen molar-refractivity contribution in [2.24, 2.45) is 5.92 Å². The van der Waals surface area contributed by atoms with Crippen molar-refractivity contribution in [3.63, 3.8) is 0 Å². The Labute approximate surface area is 333 Å². The van der Waals surface area contributed by atoms with E-state index in [-0.39, 0.29) is 28.4 Å². The molecule has 3 aromatic rings. The van der Waals surface area contributed by atoms with Gasteiger partial charge in [0.05, 0.1) is 13.3 Å². The van der Waals surface area contributed by atoms with E-state index in [9.17, 15) is 9.59 Å². The molecule has 4 rings (SSSR count). The number of carbonyl (C=O) groups is 1. The maximum absolute atomic E-state index is 13.1. The van der Waals surface area contributed by atoms with Gasteiger partial charge in [-0.05, 0) is 23.9 Å². The molecule has 1 unspecified atom stereocenters. The van der Waals surface area contributed by atoms with Crippen molar-refractivity contribution < 1.29 is 9.53 Å². The van der Waals surface area contributed by atoms with Gasteiger partial charge < -0.3 is 20.7 Å². The SMILES string of the molecule is CCCCCCCCCCCCCCCCCCCC(=O)OCC(CC[Si](c1ccccc1)(c1ccccc1)C(C)(C)C)CN1CNc2c1nc(N)[nH]c2=O. The van der Waals surface area contributed by atoms with Crippen molar-refractivity contribution >= 4 is 41.9 Å². The highest BCUT2D eigenvalue weighted by molar-refractivity contribution is 7.04. The van der Waals surface area contributed by atoms with Crippen LogP contribution in [0, 0.1) is 5.92 Å². The van der Waals surface area contributed by atoms with Gasteiger partial charge in [0.25, 0.3) is 5.56 Å². The standard InChI is InChI=1S/C46H73N5O3Si/c1-5-6-7-8-9-10-11-12-13-14-15-16-17-18-19-20-27-32-41(52)54-36-38(35-51-37-48-42-43(51)49-45(47)50-44(42)53)33-34-55(46(2,3)4,39-28-23-21-24-29-39)40-30-25-22-26-31-40/h21-26,28-31,38,48H,5-20,27,32-37H2,1-4H3,(H3,47,49,50,53). The molecule has 1 atom stereocenters. The summed E-state index contributed by atoms with van der Waals surface area (Å²) in [6.07, 6.45) is 23.7. The van der Waals surface area contributed by atoms with Crippen LogP contribution >= 0.6 is 0 Å². The molecule has 4 N–H and O–H groups in total. The average Bonchev–Trinajstić information content (AvgIpc) is 3.57. The monoisotopic (exact) mass is 772 g/mol. The fourth-order valence-corrected chi connectivity index (χ4v) is 14.4. The Bertz CT molecular complexity index is 1540. The molecule has 0 bridgehead atoms. The molecule has 0 amide bonds. The lowest BCUT2D eigenvalue weighted by molar-refractivity contribution is -0.145. The molecular weight excluding hydrogens is 699 g/mol. The number of hydrogen-bond donors (Lipinski definition) is 3. The summed E-state index contributed by atoms with van der Waals surface area (Å²) < 4.78 is 6.06. The maximum Gasteiger partial charge on any atom is 0.305 e. The average molecular weight is 772 g/mol. The predicted molar refractivity (Wildman–Crippen MR) is 235 cm³/mol. The highest BCUT2D eigenvalue weighted by atomic mass is 28.3. The van der Waals surface area contributed by atoms with Crippen LogP contribution < -0.4 is 31.9 Å². The van der Waals surface area contributed by atoms with Crippen molar-refractivity contribution in [1.82, 2.24) is 9.97 Å². The van der Waals surface area contributed by atoms with E-state index in [1.54, 1.807) is 0 Å². The van der Waals surface area contributed by atoms with Gasteiger partial charge in [-0.1, -0.05) is 201 Å². The van der Waals surface area contributed by atoms with E-state index in [0.717, 1.165) is 25.3 Å². The molecule has 1 aliphatic rings. The van der Waals surface area contributed by atoms with Gasteiger partial charge in [-0.2, -0.15) is 4.98 Å². The number of unbranched alkanes of at least 4 members (excludes halogenated alkanes) is 16. The van der Waals surface area contributed by atoms with Gasteiger partial charge in [-0.3, -0.25) is 14.6 Å². The number of aromatic amines is 1. The van der Waals surface area contributed by atoms with E-state index in [2.05, 4.69) is 109 Å². The number of carbonyl (C=O) groups excluding carboxylic acids is 1. The molecule has 0 spiro atoms. The van der Waals surface area contributed by atoms with Crippen LogP contribution in [0.2, 0.25) is 11.1 Å². The Morgan fingerprint density at radius 3 is 1.78 bits per heavy atom. The largest absolute Gasteiger partial charge is 0.465 e. The molecule has 55 heavy (non-hydrogen) atoms. The number of nitrogens with one attached hydrogen (secondary N) is 2. The number of rotatable bonds is 27. The topological polar surface area (TPSA) is 113 Å².